The molecular formula is C24H27BrN4O3. The Morgan fingerprint density at radius 2 is 1.81 bits per heavy atom. The third-order valence-corrected chi connectivity index (χ3v) is 6.34. The zero-order chi connectivity index (χ0) is 22.6. The Hall–Kier alpha value is -2.68. The number of likely N-dealkylation sites (tertiary alicyclic amines) is 1. The lowest BCUT2D eigenvalue weighted by Gasteiger charge is -2.38. The second kappa shape index (κ2) is 9.85. The van der Waals surface area contributed by atoms with E-state index < -0.39 is 5.60 Å². The molecule has 0 aliphatic carbocycles. The fourth-order valence-electron chi connectivity index (χ4n) is 3.89. The van der Waals surface area contributed by atoms with Crippen molar-refractivity contribution >= 4 is 27.4 Å². The molecule has 8 heteroatoms. The average Bonchev–Trinajstić information content (AvgIpc) is 2.79. The molecule has 0 amide bonds. The number of piperidine rings is 1. The number of nitrogens with one attached hydrogen (secondary N) is 1. The topological polar surface area (TPSA) is 79.6 Å². The Kier molecular flexibility index (Phi) is 6.93. The van der Waals surface area contributed by atoms with Gasteiger partial charge in [-0.25, -0.2) is 4.98 Å². The standard InChI is InChI=1S/C24H27BrN4O3/c1-32-21-8-6-20(7-9-21)27-22-14-23(30)29(17-26-22)16-24(31)10-12-28(13-11-24)15-18-2-4-19(25)5-3-18/h2-9,14,17,27,31H,10-13,15-16H2,1H3. The molecule has 7 nitrogen and oxygen atoms in total. The van der Waals surface area contributed by atoms with Crippen molar-refractivity contribution in [3.05, 3.63) is 81.3 Å². The first-order chi connectivity index (χ1) is 15.4. The molecule has 1 aliphatic rings. The molecule has 3 aromatic rings. The number of halogens is 1. The van der Waals surface area contributed by atoms with E-state index in [1.165, 1.54) is 22.5 Å². The minimum atomic E-state index is -0.910. The van der Waals surface area contributed by atoms with Gasteiger partial charge in [-0.1, -0.05) is 28.1 Å². The van der Waals surface area contributed by atoms with Crippen LogP contribution in [0.25, 0.3) is 0 Å². The first-order valence-electron chi connectivity index (χ1n) is 10.6. The van der Waals surface area contributed by atoms with Crippen molar-refractivity contribution in [2.75, 3.05) is 25.5 Å². The molecule has 2 aromatic carbocycles. The van der Waals surface area contributed by atoms with Gasteiger partial charge in [0.15, 0.2) is 0 Å². The average molecular weight is 499 g/mol. The lowest BCUT2D eigenvalue weighted by molar-refractivity contribution is -0.0365. The SMILES string of the molecule is COc1ccc(Nc2cc(=O)n(CC3(O)CCN(Cc4ccc(Br)cc4)CC3)cn2)cc1. The number of nitrogens with zero attached hydrogens (tertiary/aromatic N) is 3. The number of ether oxygens (including phenoxy) is 1. The molecule has 1 fully saturated rings. The van der Waals surface area contributed by atoms with Gasteiger partial charge < -0.3 is 15.2 Å². The van der Waals surface area contributed by atoms with Gasteiger partial charge in [0.05, 0.1) is 25.6 Å². The molecule has 1 aliphatic heterocycles. The first-order valence-corrected chi connectivity index (χ1v) is 11.4. The normalized spacial score (nSPS) is 16.0. The zero-order valence-electron chi connectivity index (χ0n) is 18.0. The van der Waals surface area contributed by atoms with Crippen LogP contribution in [0.1, 0.15) is 18.4 Å². The van der Waals surface area contributed by atoms with Crippen LogP contribution in [0.5, 0.6) is 5.75 Å². The monoisotopic (exact) mass is 498 g/mol. The number of benzene rings is 2. The first kappa shape index (κ1) is 22.5. The Bertz CT molecular complexity index is 1090. The minimum absolute atomic E-state index is 0.193. The van der Waals surface area contributed by atoms with Crippen LogP contribution in [-0.2, 0) is 13.1 Å². The number of rotatable bonds is 7. The lowest BCUT2D eigenvalue weighted by atomic mass is 9.91. The molecule has 0 unspecified atom stereocenters. The Balaban J connectivity index is 1.34. The van der Waals surface area contributed by atoms with Crippen LogP contribution in [0.2, 0.25) is 0 Å². The number of methoxy groups -OCH3 is 1. The summed E-state index contributed by atoms with van der Waals surface area (Å²) in [5, 5.41) is 14.2. The number of aliphatic hydroxyl groups is 1. The molecular weight excluding hydrogens is 472 g/mol. The van der Waals surface area contributed by atoms with E-state index in [1.807, 2.05) is 36.4 Å². The van der Waals surface area contributed by atoms with Gasteiger partial charge in [-0.2, -0.15) is 0 Å². The number of aromatic nitrogens is 2. The molecule has 0 bridgehead atoms. The maximum absolute atomic E-state index is 12.6. The third kappa shape index (κ3) is 5.76. The van der Waals surface area contributed by atoms with Crippen molar-refractivity contribution in [2.45, 2.75) is 31.5 Å². The largest absolute Gasteiger partial charge is 0.497 e. The Labute approximate surface area is 195 Å². The van der Waals surface area contributed by atoms with Gasteiger partial charge >= 0.3 is 0 Å². The van der Waals surface area contributed by atoms with E-state index in [2.05, 4.69) is 43.3 Å². The summed E-state index contributed by atoms with van der Waals surface area (Å²) < 4.78 is 7.71. The molecule has 0 spiro atoms. The van der Waals surface area contributed by atoms with Gasteiger partial charge in [0, 0.05) is 35.9 Å². The van der Waals surface area contributed by atoms with Gasteiger partial charge in [0.1, 0.15) is 11.6 Å². The predicted molar refractivity (Wildman–Crippen MR) is 128 cm³/mol. The van der Waals surface area contributed by atoms with Gasteiger partial charge in [-0.15, -0.1) is 0 Å². The van der Waals surface area contributed by atoms with Crippen LogP contribution in [0.3, 0.4) is 0 Å². The molecule has 2 heterocycles. The highest BCUT2D eigenvalue weighted by atomic mass is 79.9. The molecule has 0 radical (unpaired) electrons. The van der Waals surface area contributed by atoms with Crippen molar-refractivity contribution in [3.8, 4) is 5.75 Å². The minimum Gasteiger partial charge on any atom is -0.497 e. The second-order valence-corrected chi connectivity index (χ2v) is 9.14. The lowest BCUT2D eigenvalue weighted by Crippen LogP contribution is -2.47. The van der Waals surface area contributed by atoms with Crippen molar-refractivity contribution < 1.29 is 9.84 Å². The van der Waals surface area contributed by atoms with E-state index in [0.29, 0.717) is 18.7 Å². The number of anilines is 2. The van der Waals surface area contributed by atoms with Gasteiger partial charge in [-0.3, -0.25) is 14.3 Å². The van der Waals surface area contributed by atoms with Crippen molar-refractivity contribution in [3.63, 3.8) is 0 Å². The van der Waals surface area contributed by atoms with E-state index in [1.54, 1.807) is 7.11 Å². The van der Waals surface area contributed by atoms with E-state index in [4.69, 9.17) is 4.74 Å². The van der Waals surface area contributed by atoms with Crippen molar-refractivity contribution in [1.82, 2.24) is 14.5 Å². The fraction of sp³-hybridized carbons (Fsp3) is 0.333. The maximum atomic E-state index is 12.6. The molecule has 0 saturated carbocycles. The zero-order valence-corrected chi connectivity index (χ0v) is 19.6. The van der Waals surface area contributed by atoms with Crippen LogP contribution in [0, 0.1) is 0 Å². The molecule has 0 atom stereocenters. The van der Waals surface area contributed by atoms with Crippen molar-refractivity contribution in [1.29, 1.82) is 0 Å². The summed E-state index contributed by atoms with van der Waals surface area (Å²) in [5.74, 6) is 1.22. The quantitative estimate of drug-likeness (QED) is 0.515. The van der Waals surface area contributed by atoms with Crippen LogP contribution in [0.15, 0.2) is 70.2 Å². The third-order valence-electron chi connectivity index (χ3n) is 5.81. The summed E-state index contributed by atoms with van der Waals surface area (Å²) in [6.07, 6.45) is 2.73. The summed E-state index contributed by atoms with van der Waals surface area (Å²) in [5.41, 5.74) is 0.958. The van der Waals surface area contributed by atoms with E-state index in [0.717, 1.165) is 35.5 Å². The van der Waals surface area contributed by atoms with Crippen LogP contribution in [-0.4, -0.2) is 45.4 Å². The number of hydrogen-bond acceptors (Lipinski definition) is 6. The Morgan fingerprint density at radius 3 is 2.44 bits per heavy atom. The summed E-state index contributed by atoms with van der Waals surface area (Å²) >= 11 is 3.46. The van der Waals surface area contributed by atoms with E-state index >= 15 is 0 Å². The molecule has 32 heavy (non-hydrogen) atoms. The summed E-state index contributed by atoms with van der Waals surface area (Å²) in [4.78, 5) is 19.3. The molecule has 1 saturated heterocycles. The van der Waals surface area contributed by atoms with Crippen LogP contribution < -0.4 is 15.6 Å². The van der Waals surface area contributed by atoms with E-state index in [-0.39, 0.29) is 12.1 Å². The van der Waals surface area contributed by atoms with Crippen LogP contribution >= 0.6 is 15.9 Å². The van der Waals surface area contributed by atoms with Gasteiger partial charge in [0.2, 0.25) is 0 Å². The smallest absolute Gasteiger partial charge is 0.255 e. The highest BCUT2D eigenvalue weighted by molar-refractivity contribution is 9.10. The molecule has 1 aromatic heterocycles. The second-order valence-electron chi connectivity index (χ2n) is 8.22. The summed E-state index contributed by atoms with van der Waals surface area (Å²) in [6, 6.07) is 17.1. The Morgan fingerprint density at radius 1 is 1.12 bits per heavy atom. The highest BCUT2D eigenvalue weighted by Gasteiger charge is 2.33. The fourth-order valence-corrected chi connectivity index (χ4v) is 4.15. The molecule has 2 N–H and O–H groups in total. The highest BCUT2D eigenvalue weighted by Crippen LogP contribution is 2.25. The maximum Gasteiger partial charge on any atom is 0.255 e. The van der Waals surface area contributed by atoms with Crippen molar-refractivity contribution in [2.24, 2.45) is 0 Å². The van der Waals surface area contributed by atoms with Gasteiger partial charge in [-0.05, 0) is 54.8 Å². The van der Waals surface area contributed by atoms with Gasteiger partial charge in [0.25, 0.3) is 5.56 Å². The predicted octanol–water partition coefficient (Wildman–Crippen LogP) is 3.79. The van der Waals surface area contributed by atoms with Crippen LogP contribution in [0.4, 0.5) is 11.5 Å². The number of hydrogen-bond donors (Lipinski definition) is 2. The molecule has 4 rings (SSSR count). The van der Waals surface area contributed by atoms with E-state index in [9.17, 15) is 9.90 Å². The summed E-state index contributed by atoms with van der Waals surface area (Å²) in [7, 11) is 1.61. The summed E-state index contributed by atoms with van der Waals surface area (Å²) in [6.45, 7) is 2.67. The molecule has 168 valence electrons.